The molecular weight excluding hydrogens is 222 g/mol. The van der Waals surface area contributed by atoms with Gasteiger partial charge in [-0.15, -0.1) is 0 Å². The maximum atomic E-state index is 9.23. The maximum absolute atomic E-state index is 9.23. The molecule has 1 unspecified atom stereocenters. The van der Waals surface area contributed by atoms with Crippen LogP contribution in [0.5, 0.6) is 0 Å². The molecular formula is C15H17N3. The van der Waals surface area contributed by atoms with Gasteiger partial charge in [0, 0.05) is 12.6 Å². The number of hydrogen-bond acceptors (Lipinski definition) is 3. The van der Waals surface area contributed by atoms with Crippen LogP contribution in [0, 0.1) is 28.1 Å². The first-order valence-corrected chi connectivity index (χ1v) is 6.13. The molecule has 0 amide bonds. The van der Waals surface area contributed by atoms with Crippen LogP contribution in [-0.4, -0.2) is 17.0 Å². The van der Waals surface area contributed by atoms with Crippen LogP contribution in [0.3, 0.4) is 0 Å². The van der Waals surface area contributed by atoms with Gasteiger partial charge in [-0.25, -0.2) is 0 Å². The molecule has 1 aliphatic heterocycles. The Hall–Kier alpha value is -1.84. The Labute approximate surface area is 108 Å². The summed E-state index contributed by atoms with van der Waals surface area (Å²) in [7, 11) is 0. The zero-order valence-corrected chi connectivity index (χ0v) is 11.0. The van der Waals surface area contributed by atoms with Crippen molar-refractivity contribution >= 4 is 0 Å². The summed E-state index contributed by atoms with van der Waals surface area (Å²) in [5, 5.41) is 18.5. The van der Waals surface area contributed by atoms with Crippen LogP contribution in [0.4, 0.5) is 0 Å². The molecule has 18 heavy (non-hydrogen) atoms. The van der Waals surface area contributed by atoms with E-state index in [0.717, 1.165) is 6.54 Å². The molecule has 92 valence electrons. The largest absolute Gasteiger partial charge is 0.285 e. The molecule has 3 heteroatoms. The monoisotopic (exact) mass is 239 g/mol. The van der Waals surface area contributed by atoms with Crippen LogP contribution in [0.1, 0.15) is 32.4 Å². The molecule has 1 aromatic carbocycles. The smallest absolute Gasteiger partial charge is 0.160 e. The highest BCUT2D eigenvalue weighted by Crippen LogP contribution is 2.51. The Morgan fingerprint density at radius 1 is 1.28 bits per heavy atom. The number of benzene rings is 1. The first kappa shape index (κ1) is 12.6. The Kier molecular flexibility index (Phi) is 2.89. The summed E-state index contributed by atoms with van der Waals surface area (Å²) >= 11 is 0. The molecule has 0 spiro atoms. The van der Waals surface area contributed by atoms with Gasteiger partial charge < -0.3 is 0 Å². The molecule has 1 aromatic rings. The molecule has 1 aliphatic rings. The molecule has 0 radical (unpaired) electrons. The van der Waals surface area contributed by atoms with E-state index in [1.54, 1.807) is 6.92 Å². The Morgan fingerprint density at radius 2 is 1.83 bits per heavy atom. The fourth-order valence-corrected chi connectivity index (χ4v) is 2.48. The summed E-state index contributed by atoms with van der Waals surface area (Å²) in [6.45, 7) is 6.64. The third kappa shape index (κ3) is 1.68. The summed E-state index contributed by atoms with van der Waals surface area (Å²) in [5.74, 6) is 0. The third-order valence-electron chi connectivity index (χ3n) is 4.28. The first-order chi connectivity index (χ1) is 8.48. The molecule has 2 rings (SSSR count). The van der Waals surface area contributed by atoms with Crippen molar-refractivity contribution in [3.63, 3.8) is 0 Å². The van der Waals surface area contributed by atoms with Gasteiger partial charge in [-0.3, -0.25) is 4.90 Å². The molecule has 0 N–H and O–H groups in total. The van der Waals surface area contributed by atoms with E-state index >= 15 is 0 Å². The van der Waals surface area contributed by atoms with Crippen LogP contribution < -0.4 is 0 Å². The topological polar surface area (TPSA) is 50.6 Å². The molecule has 3 nitrogen and oxygen atoms in total. The average Bonchev–Trinajstić information content (AvgIpc) is 3.12. The van der Waals surface area contributed by atoms with Crippen LogP contribution >= 0.6 is 0 Å². The van der Waals surface area contributed by atoms with E-state index in [2.05, 4.69) is 36.1 Å². The molecule has 3 atom stereocenters. The van der Waals surface area contributed by atoms with Gasteiger partial charge in [0.1, 0.15) is 0 Å². The van der Waals surface area contributed by atoms with Crippen molar-refractivity contribution < 1.29 is 0 Å². The molecule has 0 saturated carbocycles. The zero-order valence-electron chi connectivity index (χ0n) is 11.0. The fourth-order valence-electron chi connectivity index (χ4n) is 2.48. The van der Waals surface area contributed by atoms with E-state index < -0.39 is 5.41 Å². The minimum Gasteiger partial charge on any atom is -0.285 e. The molecule has 0 aliphatic carbocycles. The van der Waals surface area contributed by atoms with Gasteiger partial charge >= 0.3 is 0 Å². The van der Waals surface area contributed by atoms with Crippen molar-refractivity contribution in [1.29, 1.82) is 10.5 Å². The van der Waals surface area contributed by atoms with Gasteiger partial charge in [0.25, 0.3) is 0 Å². The summed E-state index contributed by atoms with van der Waals surface area (Å²) < 4.78 is 0. The molecule has 0 aromatic heterocycles. The number of nitrogens with zero attached hydrogens (tertiary/aromatic N) is 3. The summed E-state index contributed by atoms with van der Waals surface area (Å²) in [6.07, 6.45) is 0. The number of rotatable bonds is 3. The highest BCUT2D eigenvalue weighted by Gasteiger charge is 2.62. The van der Waals surface area contributed by atoms with Gasteiger partial charge in [0.05, 0.1) is 17.7 Å². The van der Waals surface area contributed by atoms with Gasteiger partial charge in [-0.2, -0.15) is 10.5 Å². The first-order valence-electron chi connectivity index (χ1n) is 6.13. The third-order valence-corrected chi connectivity index (χ3v) is 4.28. The fraction of sp³-hybridized carbons (Fsp3) is 0.467. The van der Waals surface area contributed by atoms with E-state index in [0.29, 0.717) is 0 Å². The second kappa shape index (κ2) is 4.12. The normalized spacial score (nSPS) is 27.9. The quantitative estimate of drug-likeness (QED) is 0.762. The van der Waals surface area contributed by atoms with Crippen LogP contribution in [0.25, 0.3) is 0 Å². The van der Waals surface area contributed by atoms with Crippen LogP contribution in [0.15, 0.2) is 30.3 Å². The van der Waals surface area contributed by atoms with Crippen molar-refractivity contribution in [2.24, 2.45) is 5.41 Å². The van der Waals surface area contributed by atoms with Gasteiger partial charge in [0.15, 0.2) is 5.41 Å². The highest BCUT2D eigenvalue weighted by atomic mass is 15.4. The van der Waals surface area contributed by atoms with E-state index in [-0.39, 0.29) is 11.6 Å². The van der Waals surface area contributed by atoms with Crippen LogP contribution in [-0.2, 0) is 0 Å². The van der Waals surface area contributed by atoms with Gasteiger partial charge in [0.2, 0.25) is 0 Å². The lowest BCUT2D eigenvalue weighted by atomic mass is 9.80. The van der Waals surface area contributed by atoms with Crippen molar-refractivity contribution in [1.82, 2.24) is 4.90 Å². The van der Waals surface area contributed by atoms with Crippen molar-refractivity contribution in [3.05, 3.63) is 35.9 Å². The molecule has 1 heterocycles. The van der Waals surface area contributed by atoms with E-state index in [4.69, 9.17) is 0 Å². The van der Waals surface area contributed by atoms with Crippen molar-refractivity contribution in [2.75, 3.05) is 6.54 Å². The van der Waals surface area contributed by atoms with Gasteiger partial charge in [-0.1, -0.05) is 30.3 Å². The Morgan fingerprint density at radius 3 is 2.33 bits per heavy atom. The summed E-state index contributed by atoms with van der Waals surface area (Å²) in [4.78, 5) is 2.22. The van der Waals surface area contributed by atoms with E-state index in [1.165, 1.54) is 5.56 Å². The lowest BCUT2D eigenvalue weighted by Crippen LogP contribution is -2.35. The van der Waals surface area contributed by atoms with Crippen molar-refractivity contribution in [2.45, 2.75) is 32.4 Å². The van der Waals surface area contributed by atoms with Gasteiger partial charge in [-0.05, 0) is 26.3 Å². The number of hydrogen-bond donors (Lipinski definition) is 0. The Bertz CT molecular complexity index is 509. The Balaban J connectivity index is 2.22. The predicted molar refractivity (Wildman–Crippen MR) is 69.3 cm³/mol. The predicted octanol–water partition coefficient (Wildman–Crippen LogP) is 2.88. The second-order valence-corrected chi connectivity index (χ2v) is 5.34. The average molecular weight is 239 g/mol. The number of nitriles is 2. The van der Waals surface area contributed by atoms with E-state index in [9.17, 15) is 10.5 Å². The second-order valence-electron chi connectivity index (χ2n) is 5.34. The van der Waals surface area contributed by atoms with E-state index in [1.807, 2.05) is 25.1 Å². The maximum Gasteiger partial charge on any atom is 0.160 e. The molecule has 1 saturated heterocycles. The minimum absolute atomic E-state index is 0.234. The lowest BCUT2D eigenvalue weighted by molar-refractivity contribution is 0.273. The standard InChI is InChI=1S/C15H17N3/c1-12(13-7-5-4-6-8-13)18-11-15(18,3)14(2,9-16)10-17/h4-8,12H,11H2,1-3H3/t12-,15-,18?/m0/s1. The molecule has 0 bridgehead atoms. The van der Waals surface area contributed by atoms with Crippen molar-refractivity contribution in [3.8, 4) is 12.1 Å². The summed E-state index contributed by atoms with van der Waals surface area (Å²) in [6, 6.07) is 14.7. The minimum atomic E-state index is -0.948. The SMILES string of the molecule is C[C@@H](c1ccccc1)N1C[C@@]1(C)C(C)(C#N)C#N. The summed E-state index contributed by atoms with van der Waals surface area (Å²) in [5.41, 5.74) is -0.0682. The lowest BCUT2D eigenvalue weighted by Gasteiger charge is -2.25. The molecule has 1 fully saturated rings. The highest BCUT2D eigenvalue weighted by molar-refractivity contribution is 5.32. The van der Waals surface area contributed by atoms with Crippen LogP contribution in [0.2, 0.25) is 0 Å². The zero-order chi connectivity index (χ0) is 13.4.